The van der Waals surface area contributed by atoms with Crippen LogP contribution < -0.4 is 10.1 Å². The summed E-state index contributed by atoms with van der Waals surface area (Å²) in [4.78, 5) is 14.9. The van der Waals surface area contributed by atoms with E-state index in [1.54, 1.807) is 13.2 Å². The fraction of sp³-hybridized carbons (Fsp3) is 0.500. The van der Waals surface area contributed by atoms with Gasteiger partial charge in [-0.1, -0.05) is 25.1 Å². The van der Waals surface area contributed by atoms with Crippen LogP contribution in [-0.2, 0) is 24.1 Å². The Bertz CT molecular complexity index is 888. The van der Waals surface area contributed by atoms with E-state index >= 15 is 0 Å². The first kappa shape index (κ1) is 24.8. The molecule has 174 valence electrons. The molecular formula is C26H35IN2O3. The van der Waals surface area contributed by atoms with Crippen LogP contribution in [0.2, 0.25) is 0 Å². The molecule has 2 N–H and O–H groups in total. The van der Waals surface area contributed by atoms with E-state index in [0.29, 0.717) is 25.4 Å². The van der Waals surface area contributed by atoms with Gasteiger partial charge in [-0.25, -0.2) is 0 Å². The zero-order chi connectivity index (χ0) is 22.9. The molecule has 0 spiro atoms. The lowest BCUT2D eigenvalue weighted by Crippen LogP contribution is -2.41. The van der Waals surface area contributed by atoms with Crippen molar-refractivity contribution in [2.45, 2.75) is 57.9 Å². The van der Waals surface area contributed by atoms with Gasteiger partial charge in [-0.15, -0.1) is 0 Å². The number of methoxy groups -OCH3 is 1. The van der Waals surface area contributed by atoms with Crippen LogP contribution in [0.25, 0.3) is 0 Å². The highest BCUT2D eigenvalue weighted by atomic mass is 127. The number of halogens is 1. The number of ether oxygens (including phenoxy) is 1. The Labute approximate surface area is 205 Å². The van der Waals surface area contributed by atoms with Gasteiger partial charge in [-0.3, -0.25) is 9.69 Å². The zero-order valence-corrected chi connectivity index (χ0v) is 21.4. The summed E-state index contributed by atoms with van der Waals surface area (Å²) >= 11 is 2.11. The molecule has 0 bridgehead atoms. The molecule has 1 amide bonds. The number of amides is 1. The van der Waals surface area contributed by atoms with Gasteiger partial charge in [0.05, 0.1) is 10.7 Å². The number of carbonyl (C=O) groups is 1. The van der Waals surface area contributed by atoms with E-state index in [9.17, 15) is 9.90 Å². The van der Waals surface area contributed by atoms with E-state index in [4.69, 9.17) is 4.74 Å². The Balaban J connectivity index is 1.43. The molecule has 1 aliphatic rings. The molecule has 0 radical (unpaired) electrons. The molecule has 0 saturated carbocycles. The number of nitrogens with zero attached hydrogens (tertiary/aromatic N) is 1. The Morgan fingerprint density at radius 2 is 2.12 bits per heavy atom. The first-order chi connectivity index (χ1) is 15.5. The normalized spacial score (nSPS) is 15.4. The molecular weight excluding hydrogens is 515 g/mol. The highest BCUT2D eigenvalue weighted by molar-refractivity contribution is 14.1. The quantitative estimate of drug-likeness (QED) is 0.314. The summed E-state index contributed by atoms with van der Waals surface area (Å²) in [5.74, 6) is 1.39. The van der Waals surface area contributed by atoms with Crippen LogP contribution in [0.4, 0.5) is 0 Å². The number of benzene rings is 2. The number of carbonyl (C=O) groups excluding carboxylic acids is 1. The van der Waals surface area contributed by atoms with E-state index in [1.807, 2.05) is 12.1 Å². The number of phenols is 1. The Morgan fingerprint density at radius 1 is 1.28 bits per heavy atom. The summed E-state index contributed by atoms with van der Waals surface area (Å²) in [6.07, 6.45) is 6.57. The molecule has 0 saturated heterocycles. The van der Waals surface area contributed by atoms with Crippen LogP contribution >= 0.6 is 22.6 Å². The van der Waals surface area contributed by atoms with E-state index in [0.717, 1.165) is 53.7 Å². The number of hydrogen-bond donors (Lipinski definition) is 2. The van der Waals surface area contributed by atoms with Gasteiger partial charge in [0, 0.05) is 25.6 Å². The van der Waals surface area contributed by atoms with Crippen molar-refractivity contribution in [3.63, 3.8) is 0 Å². The monoisotopic (exact) mass is 550 g/mol. The lowest BCUT2D eigenvalue weighted by atomic mass is 9.86. The molecule has 6 heteroatoms. The largest absolute Gasteiger partial charge is 0.507 e. The standard InChI is InChI=1S/C26H35IN2O3/c1-3-15-29(21-11-10-20-6-4-7-25(32-2)22(20)18-21)16-5-14-28-26(31)13-9-19-8-12-24(30)23(27)17-19/h4,6-8,12,17,21,30H,3,5,9-11,13-16,18H2,1-2H3,(H,28,31). The summed E-state index contributed by atoms with van der Waals surface area (Å²) < 4.78 is 6.43. The first-order valence-corrected chi connectivity index (χ1v) is 12.7. The van der Waals surface area contributed by atoms with E-state index in [1.165, 1.54) is 17.5 Å². The predicted molar refractivity (Wildman–Crippen MR) is 137 cm³/mol. The smallest absolute Gasteiger partial charge is 0.220 e. The number of hydrogen-bond acceptors (Lipinski definition) is 4. The highest BCUT2D eigenvalue weighted by Gasteiger charge is 2.25. The number of phenolic OH excluding ortho intramolecular Hbond substituents is 1. The third-order valence-electron chi connectivity index (χ3n) is 6.26. The van der Waals surface area contributed by atoms with Crippen molar-refractivity contribution < 1.29 is 14.6 Å². The average Bonchev–Trinajstić information content (AvgIpc) is 2.81. The Hall–Kier alpha value is -1.80. The van der Waals surface area contributed by atoms with Crippen molar-refractivity contribution in [2.24, 2.45) is 0 Å². The van der Waals surface area contributed by atoms with Crippen molar-refractivity contribution in [3.05, 3.63) is 56.7 Å². The van der Waals surface area contributed by atoms with Gasteiger partial charge in [-0.05, 0) is 103 Å². The molecule has 5 nitrogen and oxygen atoms in total. The van der Waals surface area contributed by atoms with Gasteiger partial charge in [0.15, 0.2) is 0 Å². The second kappa shape index (κ2) is 12.4. The second-order valence-corrected chi connectivity index (χ2v) is 9.68. The highest BCUT2D eigenvalue weighted by Crippen LogP contribution is 2.31. The van der Waals surface area contributed by atoms with Crippen LogP contribution in [0.1, 0.15) is 49.3 Å². The minimum Gasteiger partial charge on any atom is -0.507 e. The minimum absolute atomic E-state index is 0.0893. The van der Waals surface area contributed by atoms with Crippen LogP contribution in [0.5, 0.6) is 11.5 Å². The fourth-order valence-electron chi connectivity index (χ4n) is 4.57. The number of fused-ring (bicyclic) bond motifs is 1. The van der Waals surface area contributed by atoms with Crippen LogP contribution in [0, 0.1) is 3.57 Å². The maximum Gasteiger partial charge on any atom is 0.220 e. The van der Waals surface area contributed by atoms with Crippen molar-refractivity contribution in [1.82, 2.24) is 10.2 Å². The molecule has 2 aromatic carbocycles. The van der Waals surface area contributed by atoms with Gasteiger partial charge < -0.3 is 15.2 Å². The lowest BCUT2D eigenvalue weighted by molar-refractivity contribution is -0.121. The maximum absolute atomic E-state index is 12.3. The van der Waals surface area contributed by atoms with Crippen molar-refractivity contribution in [1.29, 1.82) is 0 Å². The fourth-order valence-corrected chi connectivity index (χ4v) is 5.15. The lowest BCUT2D eigenvalue weighted by Gasteiger charge is -2.35. The number of nitrogens with one attached hydrogen (secondary N) is 1. The molecule has 1 unspecified atom stereocenters. The third-order valence-corrected chi connectivity index (χ3v) is 7.12. The second-order valence-electron chi connectivity index (χ2n) is 8.52. The van der Waals surface area contributed by atoms with Gasteiger partial charge in [0.25, 0.3) is 0 Å². The topological polar surface area (TPSA) is 61.8 Å². The molecule has 1 aliphatic carbocycles. The number of rotatable bonds is 11. The SMILES string of the molecule is CCCN(CCCNC(=O)CCc1ccc(O)c(I)c1)C1CCc2cccc(OC)c2C1. The van der Waals surface area contributed by atoms with E-state index < -0.39 is 0 Å². The van der Waals surface area contributed by atoms with Gasteiger partial charge in [-0.2, -0.15) is 0 Å². The number of aryl methyl sites for hydroxylation is 2. The van der Waals surface area contributed by atoms with Crippen molar-refractivity contribution in [3.8, 4) is 11.5 Å². The zero-order valence-electron chi connectivity index (χ0n) is 19.2. The van der Waals surface area contributed by atoms with Gasteiger partial charge >= 0.3 is 0 Å². The summed E-state index contributed by atoms with van der Waals surface area (Å²) in [7, 11) is 1.76. The molecule has 0 heterocycles. The first-order valence-electron chi connectivity index (χ1n) is 11.6. The molecule has 0 aromatic heterocycles. The Morgan fingerprint density at radius 3 is 2.88 bits per heavy atom. The van der Waals surface area contributed by atoms with Crippen LogP contribution in [-0.4, -0.2) is 48.7 Å². The predicted octanol–water partition coefficient (Wildman–Crippen LogP) is 4.71. The van der Waals surface area contributed by atoms with Gasteiger partial charge in [0.2, 0.25) is 5.91 Å². The van der Waals surface area contributed by atoms with Gasteiger partial charge in [0.1, 0.15) is 11.5 Å². The maximum atomic E-state index is 12.3. The Kier molecular flexibility index (Phi) is 9.66. The van der Waals surface area contributed by atoms with Crippen LogP contribution in [0.15, 0.2) is 36.4 Å². The van der Waals surface area contributed by atoms with E-state index in [2.05, 4.69) is 57.9 Å². The van der Waals surface area contributed by atoms with Crippen LogP contribution in [0.3, 0.4) is 0 Å². The molecule has 0 aliphatic heterocycles. The molecule has 1 atom stereocenters. The van der Waals surface area contributed by atoms with Crippen molar-refractivity contribution in [2.75, 3.05) is 26.7 Å². The number of aromatic hydroxyl groups is 1. The molecule has 3 rings (SSSR count). The van der Waals surface area contributed by atoms with Crippen molar-refractivity contribution >= 4 is 28.5 Å². The summed E-state index contributed by atoms with van der Waals surface area (Å²) in [6.45, 7) is 5.03. The molecule has 32 heavy (non-hydrogen) atoms. The summed E-state index contributed by atoms with van der Waals surface area (Å²) in [5.41, 5.74) is 3.86. The molecule has 0 fully saturated rings. The average molecular weight is 550 g/mol. The molecule has 2 aromatic rings. The summed E-state index contributed by atoms with van der Waals surface area (Å²) in [6, 6.07) is 12.4. The third kappa shape index (κ3) is 6.85. The van der Waals surface area contributed by atoms with E-state index in [-0.39, 0.29) is 11.7 Å². The summed E-state index contributed by atoms with van der Waals surface area (Å²) in [5, 5.41) is 12.7. The minimum atomic E-state index is 0.0893.